The second kappa shape index (κ2) is 77.3. The van der Waals surface area contributed by atoms with Crippen molar-refractivity contribution in [2.24, 2.45) is 0 Å². The molecule has 0 aliphatic carbocycles. The lowest BCUT2D eigenvalue weighted by Gasteiger charge is -2.46. The predicted molar refractivity (Wildman–Crippen MR) is 452 cm³/mol. The summed E-state index contributed by atoms with van der Waals surface area (Å²) in [6.07, 6.45) is 90.7. The van der Waals surface area contributed by atoms with Crippen LogP contribution in [0.2, 0.25) is 0 Å². The fourth-order valence-electron chi connectivity index (χ4n) is 15.5. The quantitative estimate of drug-likeness (QED) is 0.0204. The van der Waals surface area contributed by atoms with Gasteiger partial charge in [-0.2, -0.15) is 0 Å². The zero-order chi connectivity index (χ0) is 77.9. The third-order valence-corrected chi connectivity index (χ3v) is 22.7. The van der Waals surface area contributed by atoms with Crippen molar-refractivity contribution in [2.45, 2.75) is 511 Å². The highest BCUT2D eigenvalue weighted by Gasteiger charge is 2.51. The molecule has 0 aromatic rings. The summed E-state index contributed by atoms with van der Waals surface area (Å²) >= 11 is 0. The number of nitrogens with one attached hydrogen (secondary N) is 1. The van der Waals surface area contributed by atoms with Crippen LogP contribution in [0.4, 0.5) is 0 Å². The molecule has 2 heterocycles. The number of aliphatic hydroxyl groups excluding tert-OH is 8. The molecule has 1 amide bonds. The monoisotopic (exact) mass is 1530 g/mol. The van der Waals surface area contributed by atoms with Gasteiger partial charge in [0.15, 0.2) is 12.6 Å². The zero-order valence-corrected chi connectivity index (χ0v) is 70.1. The molecule has 0 aromatic heterocycles. The zero-order valence-electron chi connectivity index (χ0n) is 70.1. The van der Waals surface area contributed by atoms with Gasteiger partial charge in [0.05, 0.1) is 32.0 Å². The van der Waals surface area contributed by atoms with Gasteiger partial charge in [-0.25, -0.2) is 0 Å². The van der Waals surface area contributed by atoms with Gasteiger partial charge in [0.1, 0.15) is 48.8 Å². The van der Waals surface area contributed by atoms with Gasteiger partial charge in [-0.15, -0.1) is 0 Å². The lowest BCUT2D eigenvalue weighted by Crippen LogP contribution is -2.65. The van der Waals surface area contributed by atoms with Crippen LogP contribution in [-0.4, -0.2) is 140 Å². The summed E-state index contributed by atoms with van der Waals surface area (Å²) in [7, 11) is 0. The molecule has 0 radical (unpaired) electrons. The molecule has 0 saturated carbocycles. The molecule has 0 aromatic carbocycles. The summed E-state index contributed by atoms with van der Waals surface area (Å²) in [6, 6.07) is -0.916. The first-order valence-corrected chi connectivity index (χ1v) is 46.5. The normalized spacial score (nSPS) is 21.4. The van der Waals surface area contributed by atoms with Gasteiger partial charge in [-0.3, -0.25) is 4.79 Å². The van der Waals surface area contributed by atoms with Crippen molar-refractivity contribution in [1.29, 1.82) is 0 Å². The fraction of sp³-hybridized carbons (Fsp3) is 0.883. The minimum atomic E-state index is -1.79. The smallest absolute Gasteiger partial charge is 0.220 e. The Bertz CT molecular complexity index is 2050. The fourth-order valence-corrected chi connectivity index (χ4v) is 15.5. The largest absolute Gasteiger partial charge is 0.394 e. The maximum absolute atomic E-state index is 13.4. The first kappa shape index (κ1) is 102. The Morgan fingerprint density at radius 2 is 0.639 bits per heavy atom. The average molecular weight is 1530 g/mol. The van der Waals surface area contributed by atoms with Crippen LogP contribution in [0.25, 0.3) is 0 Å². The van der Waals surface area contributed by atoms with Crippen LogP contribution in [0.5, 0.6) is 0 Å². The SMILES string of the molecule is CC/C=C\C/C=C\C/C=C\C/C=C\CCCCCCCCCCCCCCCCCCCCCCCCCCCCCCC(=O)NC(COC1OC(CO)C(OC2OC(CO)C(O)C(O)C2O)C(O)C1O)C(O)/C=C/CCCCCCCCCCCCCCCCCCCCCCCCCCCCCCCCC. The van der Waals surface area contributed by atoms with E-state index in [9.17, 15) is 45.6 Å². The molecule has 0 bridgehead atoms. The van der Waals surface area contributed by atoms with Gasteiger partial charge in [0.25, 0.3) is 0 Å². The number of hydrogen-bond donors (Lipinski definition) is 9. The third kappa shape index (κ3) is 58.5. The van der Waals surface area contributed by atoms with Crippen molar-refractivity contribution in [2.75, 3.05) is 19.8 Å². The molecular weight excluding hydrogens is 1350 g/mol. The molecule has 14 heteroatoms. The highest BCUT2D eigenvalue weighted by atomic mass is 16.7. The summed E-state index contributed by atoms with van der Waals surface area (Å²) in [4.78, 5) is 13.4. The van der Waals surface area contributed by atoms with Crippen molar-refractivity contribution < 1.29 is 64.6 Å². The Morgan fingerprint density at radius 3 is 0.981 bits per heavy atom. The number of amides is 1. The lowest BCUT2D eigenvalue weighted by molar-refractivity contribution is -0.359. The maximum Gasteiger partial charge on any atom is 0.220 e. The number of aliphatic hydroxyl groups is 8. The van der Waals surface area contributed by atoms with Crippen LogP contribution in [0, 0.1) is 0 Å². The van der Waals surface area contributed by atoms with Crippen LogP contribution in [0.3, 0.4) is 0 Å². The molecule has 2 aliphatic rings. The van der Waals surface area contributed by atoms with E-state index in [1.807, 2.05) is 6.08 Å². The average Bonchev–Trinajstić information content (AvgIpc) is 0.789. The Morgan fingerprint density at radius 1 is 0.343 bits per heavy atom. The first-order chi connectivity index (χ1) is 53.1. The molecule has 108 heavy (non-hydrogen) atoms. The van der Waals surface area contributed by atoms with Crippen LogP contribution < -0.4 is 5.32 Å². The molecule has 12 unspecified atom stereocenters. The number of unbranched alkanes of at least 4 members (excludes halogenated alkanes) is 59. The van der Waals surface area contributed by atoms with Crippen molar-refractivity contribution in [3.05, 3.63) is 60.8 Å². The van der Waals surface area contributed by atoms with E-state index in [4.69, 9.17) is 18.9 Å². The van der Waals surface area contributed by atoms with E-state index in [-0.39, 0.29) is 18.9 Å². The predicted octanol–water partition coefficient (Wildman–Crippen LogP) is 23.0. The van der Waals surface area contributed by atoms with Gasteiger partial charge in [0, 0.05) is 6.42 Å². The number of carbonyl (C=O) groups excluding carboxylic acids is 1. The van der Waals surface area contributed by atoms with Crippen molar-refractivity contribution >= 4 is 5.91 Å². The molecule has 2 saturated heterocycles. The highest BCUT2D eigenvalue weighted by molar-refractivity contribution is 5.76. The van der Waals surface area contributed by atoms with E-state index in [0.717, 1.165) is 64.2 Å². The maximum atomic E-state index is 13.4. The second-order valence-corrected chi connectivity index (χ2v) is 32.8. The minimum Gasteiger partial charge on any atom is -0.394 e. The molecule has 9 N–H and O–H groups in total. The van der Waals surface area contributed by atoms with Gasteiger partial charge in [0.2, 0.25) is 5.91 Å². The van der Waals surface area contributed by atoms with Gasteiger partial charge < -0.3 is 65.1 Å². The minimum absolute atomic E-state index is 0.230. The number of carbonyl (C=O) groups is 1. The first-order valence-electron chi connectivity index (χ1n) is 46.5. The number of ether oxygens (including phenoxy) is 4. The third-order valence-electron chi connectivity index (χ3n) is 22.7. The van der Waals surface area contributed by atoms with Crippen LogP contribution in [0.15, 0.2) is 60.8 Å². The standard InChI is InChI=1S/C94H175NO13/c1-3-5-7-9-11-13-15-17-19-21-23-25-27-29-31-33-35-37-38-39-40-41-42-43-44-46-48-50-52-54-56-58-60-62-64-66-68-70-72-74-76-78-86(99)95-82(81-105-93-91(104)89(102)92(85(80-97)107-93)108-94-90(103)88(101)87(100)84(79-96)106-94)83(98)77-75-73-71-69-67-65-63-61-59-57-55-53-51-49-47-45-36-34-32-30-28-26-24-22-20-18-16-14-12-10-8-6-4-2/h5,7,11,13,17,19,23,25,75,77,82-85,87-94,96-98,100-104H,3-4,6,8-10,12,14-16,18,20-22,24,26-74,76,78-81H2,1-2H3,(H,95,99)/b7-5-,13-11-,19-17-,25-23-,77-75+. The van der Waals surface area contributed by atoms with Gasteiger partial charge in [-0.1, -0.05) is 434 Å². The van der Waals surface area contributed by atoms with Crippen LogP contribution >= 0.6 is 0 Å². The van der Waals surface area contributed by atoms with Crippen LogP contribution in [0.1, 0.15) is 438 Å². The Balaban J connectivity index is 1.54. The Labute approximate surface area is 664 Å². The van der Waals surface area contributed by atoms with Crippen molar-refractivity contribution in [3.8, 4) is 0 Å². The van der Waals surface area contributed by atoms with Gasteiger partial charge >= 0.3 is 0 Å². The summed E-state index contributed by atoms with van der Waals surface area (Å²) in [5.74, 6) is -0.230. The molecule has 634 valence electrons. The van der Waals surface area contributed by atoms with E-state index in [2.05, 4.69) is 67.8 Å². The number of rotatable bonds is 80. The topological polar surface area (TPSA) is 228 Å². The summed E-state index contributed by atoms with van der Waals surface area (Å²) < 4.78 is 23.0. The molecule has 2 fully saturated rings. The highest BCUT2D eigenvalue weighted by Crippen LogP contribution is 2.31. The van der Waals surface area contributed by atoms with E-state index >= 15 is 0 Å². The molecule has 14 nitrogen and oxygen atoms in total. The Hall–Kier alpha value is -2.31. The van der Waals surface area contributed by atoms with Crippen molar-refractivity contribution in [3.63, 3.8) is 0 Å². The van der Waals surface area contributed by atoms with Gasteiger partial charge in [-0.05, 0) is 57.8 Å². The number of hydrogen-bond acceptors (Lipinski definition) is 13. The van der Waals surface area contributed by atoms with E-state index < -0.39 is 86.8 Å². The molecule has 2 rings (SSSR count). The van der Waals surface area contributed by atoms with E-state index in [1.165, 1.54) is 347 Å². The summed E-state index contributed by atoms with van der Waals surface area (Å²) in [6.45, 7) is 2.76. The Kier molecular flexibility index (Phi) is 72.8. The number of allylic oxidation sites excluding steroid dienone is 9. The van der Waals surface area contributed by atoms with E-state index in [1.54, 1.807) is 6.08 Å². The summed E-state index contributed by atoms with van der Waals surface area (Å²) in [5, 5.41) is 87.9. The van der Waals surface area contributed by atoms with E-state index in [0.29, 0.717) is 6.42 Å². The molecular formula is C94H175NO13. The lowest BCUT2D eigenvalue weighted by atomic mass is 9.97. The summed E-state index contributed by atoms with van der Waals surface area (Å²) in [5.41, 5.74) is 0. The molecule has 12 atom stereocenters. The molecule has 2 aliphatic heterocycles. The van der Waals surface area contributed by atoms with Crippen LogP contribution in [-0.2, 0) is 23.7 Å². The molecule has 0 spiro atoms. The van der Waals surface area contributed by atoms with Crippen molar-refractivity contribution in [1.82, 2.24) is 5.32 Å². The second-order valence-electron chi connectivity index (χ2n) is 32.8.